The molecule has 1 rings (SSSR count). The van der Waals surface area contributed by atoms with E-state index in [4.69, 9.17) is 4.74 Å². The number of carbonyl (C=O) groups excluding carboxylic acids is 1. The number of hydrogen-bond acceptors (Lipinski definition) is 3. The average molecular weight is 364 g/mol. The molecule has 1 N–H and O–H groups in total. The number of nitrogens with one attached hydrogen (secondary N) is 1. The maximum Gasteiger partial charge on any atom is 0.333 e. The van der Waals surface area contributed by atoms with Gasteiger partial charge in [-0.15, -0.1) is 0 Å². The van der Waals surface area contributed by atoms with E-state index in [0.29, 0.717) is 18.6 Å². The largest absolute Gasteiger partial charge is 0.462 e. The van der Waals surface area contributed by atoms with E-state index in [-0.39, 0.29) is 11.4 Å². The first-order valence-corrected chi connectivity index (χ1v) is 10.6. The Morgan fingerprint density at radius 1 is 1.23 bits per heavy atom. The summed E-state index contributed by atoms with van der Waals surface area (Å²) in [6.45, 7) is 15.8. The molecule has 0 spiro atoms. The second-order valence-corrected chi connectivity index (χ2v) is 8.81. The van der Waals surface area contributed by atoms with Crippen LogP contribution in [0.3, 0.4) is 0 Å². The van der Waals surface area contributed by atoms with Crippen molar-refractivity contribution in [3.8, 4) is 0 Å². The number of rotatable bonds is 10. The number of allylic oxidation sites excluding steroid dienone is 3. The van der Waals surface area contributed by atoms with Crippen LogP contribution in [0.5, 0.6) is 0 Å². The summed E-state index contributed by atoms with van der Waals surface area (Å²) in [6.07, 6.45) is 9.84. The van der Waals surface area contributed by atoms with E-state index in [1.807, 2.05) is 6.92 Å². The third kappa shape index (κ3) is 7.55. The van der Waals surface area contributed by atoms with Crippen molar-refractivity contribution >= 4 is 5.97 Å². The minimum Gasteiger partial charge on any atom is -0.462 e. The van der Waals surface area contributed by atoms with Crippen molar-refractivity contribution in [2.75, 3.05) is 6.61 Å². The maximum absolute atomic E-state index is 12.6. The molecule has 0 bridgehead atoms. The topological polar surface area (TPSA) is 38.3 Å². The zero-order valence-electron chi connectivity index (χ0n) is 18.2. The summed E-state index contributed by atoms with van der Waals surface area (Å²) in [5, 5.41) is 3.61. The normalized spacial score (nSPS) is 20.8. The quantitative estimate of drug-likeness (QED) is 0.373. The summed E-state index contributed by atoms with van der Waals surface area (Å²) < 4.78 is 5.67. The Balaban J connectivity index is 2.83. The summed E-state index contributed by atoms with van der Waals surface area (Å²) >= 11 is 0. The molecular formula is C23H41NO2. The highest BCUT2D eigenvalue weighted by Gasteiger charge is 2.28. The van der Waals surface area contributed by atoms with Crippen LogP contribution in [0.25, 0.3) is 0 Å². The first kappa shape index (κ1) is 22.8. The second-order valence-electron chi connectivity index (χ2n) is 8.81. The van der Waals surface area contributed by atoms with E-state index in [1.54, 1.807) is 0 Å². The Kier molecular flexibility index (Phi) is 9.46. The van der Waals surface area contributed by atoms with E-state index >= 15 is 0 Å². The predicted molar refractivity (Wildman–Crippen MR) is 111 cm³/mol. The highest BCUT2D eigenvalue weighted by Crippen LogP contribution is 2.38. The van der Waals surface area contributed by atoms with Crippen LogP contribution in [0.1, 0.15) is 93.4 Å². The lowest BCUT2D eigenvalue weighted by atomic mass is 9.76. The van der Waals surface area contributed by atoms with Crippen LogP contribution in [0, 0.1) is 11.3 Å². The van der Waals surface area contributed by atoms with Gasteiger partial charge in [-0.1, -0.05) is 53.9 Å². The molecule has 0 aliphatic heterocycles. The summed E-state index contributed by atoms with van der Waals surface area (Å²) in [4.78, 5) is 12.6. The Bertz CT molecular complexity index is 516. The van der Waals surface area contributed by atoms with Crippen molar-refractivity contribution < 1.29 is 9.53 Å². The summed E-state index contributed by atoms with van der Waals surface area (Å²) in [5.74, 6) is 0.337. The molecule has 0 saturated heterocycles. The lowest BCUT2D eigenvalue weighted by Gasteiger charge is -2.33. The Hall–Kier alpha value is -1.25. The van der Waals surface area contributed by atoms with Gasteiger partial charge in [0, 0.05) is 17.3 Å². The Morgan fingerprint density at radius 3 is 2.50 bits per heavy atom. The van der Waals surface area contributed by atoms with Crippen LogP contribution in [0.2, 0.25) is 0 Å². The molecule has 26 heavy (non-hydrogen) atoms. The van der Waals surface area contributed by atoms with Crippen LogP contribution >= 0.6 is 0 Å². The zero-order chi connectivity index (χ0) is 19.7. The molecule has 1 aliphatic carbocycles. The van der Waals surface area contributed by atoms with Gasteiger partial charge in [-0.25, -0.2) is 4.79 Å². The number of esters is 1. The molecular weight excluding hydrogens is 322 g/mol. The molecule has 0 aromatic carbocycles. The lowest BCUT2D eigenvalue weighted by Crippen LogP contribution is -2.30. The Morgan fingerprint density at radius 2 is 1.92 bits per heavy atom. The van der Waals surface area contributed by atoms with Gasteiger partial charge in [0.25, 0.3) is 0 Å². The van der Waals surface area contributed by atoms with Gasteiger partial charge in [0.1, 0.15) is 0 Å². The second kappa shape index (κ2) is 10.8. The van der Waals surface area contributed by atoms with Crippen molar-refractivity contribution in [3.05, 3.63) is 22.9 Å². The Labute approximate surface area is 161 Å². The molecule has 0 heterocycles. The van der Waals surface area contributed by atoms with Gasteiger partial charge in [0.2, 0.25) is 0 Å². The average Bonchev–Trinajstić information content (AvgIpc) is 2.59. The van der Waals surface area contributed by atoms with Crippen molar-refractivity contribution in [3.63, 3.8) is 0 Å². The van der Waals surface area contributed by atoms with E-state index in [2.05, 4.69) is 52.9 Å². The van der Waals surface area contributed by atoms with Gasteiger partial charge >= 0.3 is 5.97 Å². The van der Waals surface area contributed by atoms with E-state index in [9.17, 15) is 4.79 Å². The molecule has 2 atom stereocenters. The summed E-state index contributed by atoms with van der Waals surface area (Å²) in [5.41, 5.74) is 3.30. The van der Waals surface area contributed by atoms with Gasteiger partial charge in [-0.05, 0) is 62.5 Å². The maximum atomic E-state index is 12.6. The number of ether oxygens (including phenoxy) is 1. The molecule has 0 fully saturated rings. The van der Waals surface area contributed by atoms with Crippen molar-refractivity contribution in [2.45, 2.75) is 99.5 Å². The molecule has 0 saturated carbocycles. The van der Waals surface area contributed by atoms with Crippen LogP contribution in [0.15, 0.2) is 22.9 Å². The van der Waals surface area contributed by atoms with Gasteiger partial charge in [-0.3, -0.25) is 0 Å². The fourth-order valence-electron chi connectivity index (χ4n) is 3.49. The fourth-order valence-corrected chi connectivity index (χ4v) is 3.49. The molecule has 0 amide bonds. The number of hydrogen-bond donors (Lipinski definition) is 1. The van der Waals surface area contributed by atoms with Crippen molar-refractivity contribution in [1.82, 2.24) is 5.32 Å². The molecule has 0 aromatic heterocycles. The minimum absolute atomic E-state index is 0.146. The minimum atomic E-state index is -0.146. The summed E-state index contributed by atoms with van der Waals surface area (Å²) in [7, 11) is 0. The zero-order valence-corrected chi connectivity index (χ0v) is 18.2. The first-order valence-electron chi connectivity index (χ1n) is 10.6. The van der Waals surface area contributed by atoms with E-state index < -0.39 is 0 Å². The third-order valence-corrected chi connectivity index (χ3v) is 5.51. The monoisotopic (exact) mass is 363 g/mol. The highest BCUT2D eigenvalue weighted by atomic mass is 16.5. The van der Waals surface area contributed by atoms with Crippen molar-refractivity contribution in [1.29, 1.82) is 0 Å². The molecule has 3 nitrogen and oxygen atoms in total. The third-order valence-electron chi connectivity index (χ3n) is 5.51. The van der Waals surface area contributed by atoms with Crippen LogP contribution < -0.4 is 5.32 Å². The predicted octanol–water partition coefficient (Wildman–Crippen LogP) is 6.15. The molecule has 3 heteroatoms. The van der Waals surface area contributed by atoms with Gasteiger partial charge in [0.05, 0.1) is 6.61 Å². The smallest absolute Gasteiger partial charge is 0.333 e. The standard InChI is InChI=1S/C23H41NO2/c1-8-11-12-19(10-3)16-26-22(25)18(5)20-13-21(24-17(4)9-2)15-23(6,7)14-20/h13,17,19,24H,8-12,14-16H2,1-7H3/b20-18+. The van der Waals surface area contributed by atoms with Gasteiger partial charge < -0.3 is 10.1 Å². The van der Waals surface area contributed by atoms with Crippen molar-refractivity contribution in [2.24, 2.45) is 11.3 Å². The van der Waals surface area contributed by atoms with Gasteiger partial charge in [-0.2, -0.15) is 0 Å². The molecule has 0 radical (unpaired) electrons. The molecule has 2 unspecified atom stereocenters. The number of carbonyl (C=O) groups is 1. The molecule has 150 valence electrons. The van der Waals surface area contributed by atoms with E-state index in [0.717, 1.165) is 43.3 Å². The first-order chi connectivity index (χ1) is 12.2. The number of unbranched alkanes of at least 4 members (excludes halogenated alkanes) is 1. The van der Waals surface area contributed by atoms with Crippen LogP contribution in [-0.4, -0.2) is 18.6 Å². The molecule has 0 aromatic rings. The fraction of sp³-hybridized carbons (Fsp3) is 0.783. The van der Waals surface area contributed by atoms with Crippen LogP contribution in [-0.2, 0) is 9.53 Å². The van der Waals surface area contributed by atoms with E-state index in [1.165, 1.54) is 18.5 Å². The summed E-state index contributed by atoms with van der Waals surface area (Å²) in [6, 6.07) is 0.451. The van der Waals surface area contributed by atoms with Gasteiger partial charge in [0.15, 0.2) is 0 Å². The highest BCUT2D eigenvalue weighted by molar-refractivity contribution is 5.89. The SMILES string of the molecule is CCCCC(CC)COC(=O)/C(C)=C1\C=C(NC(C)CC)CC(C)(C)C1. The lowest BCUT2D eigenvalue weighted by molar-refractivity contribution is -0.140. The van der Waals surface area contributed by atoms with Crippen LogP contribution in [0.4, 0.5) is 0 Å². The molecule has 1 aliphatic rings.